The molecular weight excluding hydrogens is 660 g/mol. The molecule has 0 bridgehead atoms. The second-order valence-corrected chi connectivity index (χ2v) is 15.8. The molecule has 0 amide bonds. The molecule has 3 N–H and O–H groups in total. The Morgan fingerprint density at radius 1 is 1.12 bits per heavy atom. The lowest BCUT2D eigenvalue weighted by atomic mass is 9.82. The first kappa shape index (κ1) is 39.0. The number of esters is 1. The van der Waals surface area contributed by atoms with E-state index in [2.05, 4.69) is 57.5 Å². The van der Waals surface area contributed by atoms with Crippen molar-refractivity contribution in [1.82, 2.24) is 35.5 Å². The summed E-state index contributed by atoms with van der Waals surface area (Å²) in [6.45, 7) is 16.1. The van der Waals surface area contributed by atoms with Gasteiger partial charge in [0.05, 0.1) is 29.2 Å². The van der Waals surface area contributed by atoms with Crippen molar-refractivity contribution in [3.8, 4) is 17.3 Å². The highest BCUT2D eigenvalue weighted by Gasteiger charge is 2.33. The molecule has 1 saturated carbocycles. The molecule has 0 radical (unpaired) electrons. The number of nitrogens with zero attached hydrogens (tertiary/aromatic N) is 7. The van der Waals surface area contributed by atoms with Gasteiger partial charge in [0.1, 0.15) is 18.2 Å². The average molecular weight is 717 g/mol. The largest absolute Gasteiger partial charge is 0.439 e. The number of tetrazole rings is 1. The molecule has 1 aliphatic heterocycles. The minimum atomic E-state index is -0.631. The number of nitriles is 1. The van der Waals surface area contributed by atoms with E-state index >= 15 is 0 Å². The summed E-state index contributed by atoms with van der Waals surface area (Å²) in [6.07, 6.45) is 6.88. The fraction of sp³-hybridized carbons (Fsp3) is 0.658. The lowest BCUT2D eigenvalue weighted by molar-refractivity contribution is -0.168. The van der Waals surface area contributed by atoms with Gasteiger partial charge >= 0.3 is 5.97 Å². The molecule has 0 aromatic carbocycles. The molecule has 5 rings (SSSR count). The van der Waals surface area contributed by atoms with Crippen molar-refractivity contribution in [2.75, 3.05) is 37.0 Å². The van der Waals surface area contributed by atoms with Gasteiger partial charge in [-0.2, -0.15) is 9.94 Å². The number of carbonyl (C=O) groups is 1. The monoisotopic (exact) mass is 716 g/mol. The zero-order valence-corrected chi connectivity index (χ0v) is 31.8. The fourth-order valence-electron chi connectivity index (χ4n) is 6.56. The number of hydrogen-bond acceptors (Lipinski definition) is 13. The molecule has 0 spiro atoms. The minimum Gasteiger partial charge on any atom is -0.439 e. The number of carbonyl (C=O) groups excluding carboxylic acids is 1. The summed E-state index contributed by atoms with van der Waals surface area (Å²) in [4.78, 5) is 22.2. The molecule has 52 heavy (non-hydrogen) atoms. The molecule has 3 aromatic heterocycles. The number of rotatable bonds is 15. The van der Waals surface area contributed by atoms with Crippen LogP contribution in [0.25, 0.3) is 11.3 Å². The number of hydrogen-bond donors (Lipinski definition) is 3. The summed E-state index contributed by atoms with van der Waals surface area (Å²) >= 11 is 0. The maximum Gasteiger partial charge on any atom is 0.313 e. The van der Waals surface area contributed by atoms with E-state index in [0.717, 1.165) is 67.0 Å². The van der Waals surface area contributed by atoms with Crippen LogP contribution in [0.4, 0.5) is 11.6 Å². The summed E-state index contributed by atoms with van der Waals surface area (Å²) in [5, 5.41) is 32.7. The lowest BCUT2D eigenvalue weighted by Gasteiger charge is -2.32. The maximum atomic E-state index is 12.6. The SMILES string of the molecule is Cc1cnc(N[C@H]2CC[C@H](N[C@H](C)COCc3nnnn3[C@H](OC(=O)C(C)(C)C)C(C)C)CC2)cc1-c1cccc(NCC2(C#N)CCOCC2)n1. The highest BCUT2D eigenvalue weighted by molar-refractivity contribution is 5.75. The van der Waals surface area contributed by atoms with Crippen molar-refractivity contribution in [2.45, 2.75) is 118 Å². The van der Waals surface area contributed by atoms with Crippen LogP contribution in [0, 0.1) is 35.0 Å². The summed E-state index contributed by atoms with van der Waals surface area (Å²) in [6, 6.07) is 11.4. The normalized spacial score (nSPS) is 20.1. The van der Waals surface area contributed by atoms with Gasteiger partial charge < -0.3 is 30.2 Å². The first-order chi connectivity index (χ1) is 24.9. The number of nitrogens with one attached hydrogen (secondary N) is 3. The van der Waals surface area contributed by atoms with Gasteiger partial charge in [0.2, 0.25) is 6.23 Å². The number of anilines is 2. The topological polar surface area (TPSA) is 174 Å². The minimum absolute atomic E-state index is 0.0219. The third-order valence-electron chi connectivity index (χ3n) is 9.83. The van der Waals surface area contributed by atoms with E-state index < -0.39 is 17.1 Å². The van der Waals surface area contributed by atoms with Crippen molar-refractivity contribution in [2.24, 2.45) is 16.7 Å². The molecule has 2 aliphatic rings. The van der Waals surface area contributed by atoms with Crippen LogP contribution in [0.15, 0.2) is 30.5 Å². The molecule has 2 fully saturated rings. The summed E-state index contributed by atoms with van der Waals surface area (Å²) in [5.74, 6) is 1.80. The molecule has 1 aliphatic carbocycles. The molecule has 282 valence electrons. The number of aromatic nitrogens is 6. The van der Waals surface area contributed by atoms with Crippen LogP contribution in [0.1, 0.15) is 97.7 Å². The van der Waals surface area contributed by atoms with E-state index in [1.807, 2.05) is 59.0 Å². The van der Waals surface area contributed by atoms with Crippen molar-refractivity contribution in [1.29, 1.82) is 5.26 Å². The zero-order chi connectivity index (χ0) is 37.3. The molecule has 2 atom stereocenters. The van der Waals surface area contributed by atoms with Crippen LogP contribution < -0.4 is 16.0 Å². The third kappa shape index (κ3) is 10.5. The van der Waals surface area contributed by atoms with Gasteiger partial charge in [-0.3, -0.25) is 4.79 Å². The zero-order valence-electron chi connectivity index (χ0n) is 31.8. The number of pyridine rings is 2. The van der Waals surface area contributed by atoms with Crippen molar-refractivity contribution >= 4 is 17.6 Å². The average Bonchev–Trinajstić information content (AvgIpc) is 3.59. The van der Waals surface area contributed by atoms with E-state index in [0.29, 0.717) is 44.3 Å². The second kappa shape index (κ2) is 17.6. The van der Waals surface area contributed by atoms with Crippen LogP contribution in [-0.2, 0) is 25.6 Å². The van der Waals surface area contributed by atoms with Crippen LogP contribution in [0.2, 0.25) is 0 Å². The Labute approximate surface area is 307 Å². The highest BCUT2D eigenvalue weighted by atomic mass is 16.6. The Morgan fingerprint density at radius 2 is 1.85 bits per heavy atom. The van der Waals surface area contributed by atoms with E-state index in [9.17, 15) is 10.1 Å². The van der Waals surface area contributed by atoms with Gasteiger partial charge in [-0.15, -0.1) is 5.10 Å². The van der Waals surface area contributed by atoms with Crippen molar-refractivity contribution in [3.63, 3.8) is 0 Å². The smallest absolute Gasteiger partial charge is 0.313 e. The Bertz CT molecular complexity index is 1650. The predicted octanol–water partition coefficient (Wildman–Crippen LogP) is 5.83. The number of aryl methyl sites for hydroxylation is 1. The first-order valence-electron chi connectivity index (χ1n) is 18.6. The third-order valence-corrected chi connectivity index (χ3v) is 9.83. The quantitative estimate of drug-likeness (QED) is 0.160. The van der Waals surface area contributed by atoms with Gasteiger partial charge in [0.15, 0.2) is 5.82 Å². The fourth-order valence-corrected chi connectivity index (χ4v) is 6.56. The molecule has 1 saturated heterocycles. The highest BCUT2D eigenvalue weighted by Crippen LogP contribution is 2.31. The Kier molecular flexibility index (Phi) is 13.2. The predicted molar refractivity (Wildman–Crippen MR) is 198 cm³/mol. The maximum absolute atomic E-state index is 12.6. The van der Waals surface area contributed by atoms with E-state index in [4.69, 9.17) is 24.2 Å². The van der Waals surface area contributed by atoms with Crippen LogP contribution >= 0.6 is 0 Å². The molecule has 4 heterocycles. The van der Waals surface area contributed by atoms with E-state index in [-0.39, 0.29) is 24.5 Å². The van der Waals surface area contributed by atoms with Gasteiger partial charge in [-0.1, -0.05) is 19.9 Å². The van der Waals surface area contributed by atoms with E-state index in [1.165, 1.54) is 0 Å². The molecule has 14 nitrogen and oxygen atoms in total. The lowest BCUT2D eigenvalue weighted by Crippen LogP contribution is -2.43. The van der Waals surface area contributed by atoms with Gasteiger partial charge in [0, 0.05) is 55.6 Å². The van der Waals surface area contributed by atoms with E-state index in [1.54, 1.807) is 4.68 Å². The van der Waals surface area contributed by atoms with Gasteiger partial charge in [-0.25, -0.2) is 9.97 Å². The van der Waals surface area contributed by atoms with Crippen molar-refractivity contribution in [3.05, 3.63) is 41.9 Å². The van der Waals surface area contributed by atoms with Gasteiger partial charge in [0.25, 0.3) is 0 Å². The second-order valence-electron chi connectivity index (χ2n) is 15.8. The van der Waals surface area contributed by atoms with Crippen LogP contribution in [0.5, 0.6) is 0 Å². The van der Waals surface area contributed by atoms with Gasteiger partial charge in [-0.05, 0) is 107 Å². The molecular formula is C38H56N10O4. The Morgan fingerprint density at radius 3 is 2.54 bits per heavy atom. The van der Waals surface area contributed by atoms with Crippen molar-refractivity contribution < 1.29 is 19.0 Å². The summed E-state index contributed by atoms with van der Waals surface area (Å²) < 4.78 is 18.8. The first-order valence-corrected chi connectivity index (χ1v) is 18.6. The number of ether oxygens (including phenoxy) is 3. The molecule has 0 unspecified atom stereocenters. The molecule has 14 heteroatoms. The van der Waals surface area contributed by atoms with Crippen LogP contribution in [0.3, 0.4) is 0 Å². The standard InChI is InChI=1S/C38H56N10O4/c1-25(2)35(52-36(49)37(5,6)7)48-34(45-46-47-48)22-51-21-27(4)42-28-11-13-29(14-12-28)43-33-19-30(26(3)20-40-33)31-9-8-10-32(44-31)41-24-38(23-39)15-17-50-18-16-38/h8-10,19-20,25,27-29,35,42H,11-18,21-22,24H2,1-7H3,(H,40,43)(H,41,44)/t27-,28-,29-,35-/m1/s1. The van der Waals surface area contributed by atoms with Crippen LogP contribution in [-0.4, -0.2) is 80.6 Å². The summed E-state index contributed by atoms with van der Waals surface area (Å²) in [5.41, 5.74) is 1.90. The summed E-state index contributed by atoms with van der Waals surface area (Å²) in [7, 11) is 0. The molecule has 3 aromatic rings. The Hall–Kier alpha value is -4.19. The Balaban J connectivity index is 1.07.